The number of nitrogens with zero attached hydrogens (tertiary/aromatic N) is 2. The van der Waals surface area contributed by atoms with E-state index in [9.17, 15) is 10.1 Å². The lowest BCUT2D eigenvalue weighted by Crippen LogP contribution is -2.27. The third-order valence-corrected chi connectivity index (χ3v) is 5.48. The lowest BCUT2D eigenvalue weighted by Gasteiger charge is -2.24. The summed E-state index contributed by atoms with van der Waals surface area (Å²) in [7, 11) is 0. The zero-order valence-electron chi connectivity index (χ0n) is 11.8. The fraction of sp³-hybridized carbons (Fsp3) is 0.400. The number of aromatic nitrogens is 1. The summed E-state index contributed by atoms with van der Waals surface area (Å²) >= 11 is 1.99. The van der Waals surface area contributed by atoms with Gasteiger partial charge >= 0.3 is 0 Å². The van der Waals surface area contributed by atoms with Gasteiger partial charge in [0.25, 0.3) is 5.69 Å². The van der Waals surface area contributed by atoms with Crippen molar-refractivity contribution >= 4 is 33.9 Å². The maximum atomic E-state index is 11.1. The third-order valence-electron chi connectivity index (χ3n) is 3.95. The smallest absolute Gasteiger partial charge is 0.278 e. The minimum absolute atomic E-state index is 0.102. The lowest BCUT2D eigenvalue weighted by atomic mass is 10.0. The summed E-state index contributed by atoms with van der Waals surface area (Å²) in [6.45, 7) is 3.14. The number of thioether (sulfide) groups is 1. The summed E-state index contributed by atoms with van der Waals surface area (Å²) in [6, 6.07) is 5.18. The fourth-order valence-corrected chi connectivity index (χ4v) is 3.99. The minimum atomic E-state index is -0.359. The molecule has 3 rings (SSSR count). The molecule has 1 saturated heterocycles. The second kappa shape index (κ2) is 5.52. The number of nitro groups is 1. The molecule has 0 aliphatic carbocycles. The summed E-state index contributed by atoms with van der Waals surface area (Å²) in [5.41, 5.74) is 1.04. The molecule has 2 aromatic rings. The van der Waals surface area contributed by atoms with E-state index in [4.69, 9.17) is 0 Å². The highest BCUT2D eigenvalue weighted by Crippen LogP contribution is 2.38. The summed E-state index contributed by atoms with van der Waals surface area (Å²) in [5.74, 6) is 1.21. The number of fused-ring (bicyclic) bond motifs is 1. The van der Waals surface area contributed by atoms with E-state index in [0.29, 0.717) is 5.39 Å². The van der Waals surface area contributed by atoms with Crippen molar-refractivity contribution in [3.05, 3.63) is 40.7 Å². The van der Waals surface area contributed by atoms with Gasteiger partial charge in [0.05, 0.1) is 10.3 Å². The zero-order chi connectivity index (χ0) is 14.9. The van der Waals surface area contributed by atoms with Gasteiger partial charge in [-0.3, -0.25) is 15.1 Å². The lowest BCUT2D eigenvalue weighted by molar-refractivity contribution is -0.383. The first-order chi connectivity index (χ1) is 10.1. The summed E-state index contributed by atoms with van der Waals surface area (Å²) in [5, 5.41) is 16.0. The van der Waals surface area contributed by atoms with Crippen LogP contribution in [-0.4, -0.2) is 27.0 Å². The van der Waals surface area contributed by atoms with Crippen molar-refractivity contribution < 1.29 is 4.92 Å². The predicted octanol–water partition coefficient (Wildman–Crippen LogP) is 3.84. The van der Waals surface area contributed by atoms with Crippen LogP contribution in [0.25, 0.3) is 10.8 Å². The Balaban J connectivity index is 1.92. The number of nitrogens with one attached hydrogen (secondary N) is 1. The Labute approximate surface area is 127 Å². The van der Waals surface area contributed by atoms with Crippen molar-refractivity contribution in [3.63, 3.8) is 0 Å². The van der Waals surface area contributed by atoms with Crippen molar-refractivity contribution in [2.45, 2.75) is 24.5 Å². The highest BCUT2D eigenvalue weighted by Gasteiger charge is 2.29. The Morgan fingerprint density at radius 3 is 3.00 bits per heavy atom. The molecule has 1 aromatic heterocycles. The van der Waals surface area contributed by atoms with E-state index in [1.54, 1.807) is 24.5 Å². The van der Waals surface area contributed by atoms with Crippen LogP contribution in [0.1, 0.15) is 19.8 Å². The molecule has 21 heavy (non-hydrogen) atoms. The van der Waals surface area contributed by atoms with Gasteiger partial charge in [-0.2, -0.15) is 11.8 Å². The van der Waals surface area contributed by atoms with Gasteiger partial charge in [0, 0.05) is 40.8 Å². The number of benzene rings is 1. The molecular weight excluding hydrogens is 286 g/mol. The monoisotopic (exact) mass is 303 g/mol. The molecule has 1 fully saturated rings. The van der Waals surface area contributed by atoms with E-state index < -0.39 is 0 Å². The van der Waals surface area contributed by atoms with Crippen LogP contribution in [0.2, 0.25) is 0 Å². The molecule has 5 nitrogen and oxygen atoms in total. The second-order valence-electron chi connectivity index (χ2n) is 5.57. The molecule has 6 heteroatoms. The van der Waals surface area contributed by atoms with Crippen molar-refractivity contribution in [1.29, 1.82) is 0 Å². The van der Waals surface area contributed by atoms with Gasteiger partial charge in [-0.25, -0.2) is 0 Å². The van der Waals surface area contributed by atoms with Gasteiger partial charge in [0.15, 0.2) is 0 Å². The summed E-state index contributed by atoms with van der Waals surface area (Å²) in [4.78, 5) is 14.8. The number of rotatable bonds is 4. The van der Waals surface area contributed by atoms with Crippen LogP contribution in [0, 0.1) is 10.1 Å². The molecule has 1 unspecified atom stereocenters. The molecule has 0 radical (unpaired) electrons. The van der Waals surface area contributed by atoms with Gasteiger partial charge in [0.2, 0.25) is 0 Å². The third kappa shape index (κ3) is 2.81. The van der Waals surface area contributed by atoms with Crippen molar-refractivity contribution in [1.82, 2.24) is 4.98 Å². The van der Waals surface area contributed by atoms with Gasteiger partial charge < -0.3 is 5.32 Å². The second-order valence-corrected chi connectivity index (χ2v) is 7.25. The van der Waals surface area contributed by atoms with Crippen LogP contribution in [-0.2, 0) is 0 Å². The first-order valence-electron chi connectivity index (χ1n) is 6.98. The van der Waals surface area contributed by atoms with Crippen LogP contribution in [0.4, 0.5) is 11.4 Å². The quantitative estimate of drug-likeness (QED) is 0.686. The molecule has 1 atom stereocenters. The standard InChI is InChI=1S/C15H17N3O2S/c1-15(6-2-8-21-15)10-17-13-3-4-14(18(19)20)12-9-16-7-5-11(12)13/h3-5,7,9,17H,2,6,8,10H2,1H3. The molecule has 1 aliphatic rings. The van der Waals surface area contributed by atoms with E-state index in [1.165, 1.54) is 18.6 Å². The van der Waals surface area contributed by atoms with Crippen LogP contribution < -0.4 is 5.32 Å². The molecular formula is C15H17N3O2S. The molecule has 1 N–H and O–H groups in total. The number of nitro benzene ring substituents is 1. The average Bonchev–Trinajstić information content (AvgIpc) is 2.91. The maximum Gasteiger partial charge on any atom is 0.278 e. The fourth-order valence-electron chi connectivity index (χ4n) is 2.75. The Bertz CT molecular complexity index is 684. The first-order valence-corrected chi connectivity index (χ1v) is 7.97. The maximum absolute atomic E-state index is 11.1. The van der Waals surface area contributed by atoms with Crippen LogP contribution in [0.5, 0.6) is 0 Å². The Morgan fingerprint density at radius 1 is 1.43 bits per heavy atom. The molecule has 1 aromatic carbocycles. The predicted molar refractivity (Wildman–Crippen MR) is 87.0 cm³/mol. The molecule has 1 aliphatic heterocycles. The van der Waals surface area contributed by atoms with E-state index in [2.05, 4.69) is 17.2 Å². The average molecular weight is 303 g/mol. The zero-order valence-corrected chi connectivity index (χ0v) is 12.7. The molecule has 0 amide bonds. The van der Waals surface area contributed by atoms with Gasteiger partial charge in [0.1, 0.15) is 0 Å². The van der Waals surface area contributed by atoms with E-state index in [1.807, 2.05) is 17.8 Å². The highest BCUT2D eigenvalue weighted by molar-refractivity contribution is 8.00. The largest absolute Gasteiger partial charge is 0.383 e. The number of hydrogen-bond donors (Lipinski definition) is 1. The number of non-ortho nitro benzene ring substituents is 1. The SMILES string of the molecule is CC1(CNc2ccc([N+](=O)[O-])c3cnccc23)CCCS1. The topological polar surface area (TPSA) is 68.1 Å². The van der Waals surface area contributed by atoms with Crippen LogP contribution in [0.3, 0.4) is 0 Å². The molecule has 2 heterocycles. The summed E-state index contributed by atoms with van der Waals surface area (Å²) in [6.07, 6.45) is 5.69. The Kier molecular flexibility index (Phi) is 3.71. The minimum Gasteiger partial charge on any atom is -0.383 e. The molecule has 0 saturated carbocycles. The van der Waals surface area contributed by atoms with Crippen molar-refractivity contribution in [3.8, 4) is 0 Å². The van der Waals surface area contributed by atoms with Crippen molar-refractivity contribution in [2.75, 3.05) is 17.6 Å². The van der Waals surface area contributed by atoms with Crippen LogP contribution >= 0.6 is 11.8 Å². The van der Waals surface area contributed by atoms with Crippen molar-refractivity contribution in [2.24, 2.45) is 0 Å². The number of pyridine rings is 1. The number of anilines is 1. The van der Waals surface area contributed by atoms with E-state index in [0.717, 1.165) is 17.6 Å². The number of hydrogen-bond acceptors (Lipinski definition) is 5. The first kappa shape index (κ1) is 14.1. The normalized spacial score (nSPS) is 21.6. The highest BCUT2D eigenvalue weighted by atomic mass is 32.2. The Hall–Kier alpha value is -1.82. The van der Waals surface area contributed by atoms with Gasteiger partial charge in [-0.05, 0) is 37.7 Å². The molecule has 110 valence electrons. The van der Waals surface area contributed by atoms with E-state index in [-0.39, 0.29) is 15.4 Å². The van der Waals surface area contributed by atoms with Crippen LogP contribution in [0.15, 0.2) is 30.6 Å². The summed E-state index contributed by atoms with van der Waals surface area (Å²) < 4.78 is 0.251. The molecule has 0 spiro atoms. The molecule has 0 bridgehead atoms. The van der Waals surface area contributed by atoms with E-state index >= 15 is 0 Å². The van der Waals surface area contributed by atoms with Gasteiger partial charge in [-0.1, -0.05) is 0 Å². The Morgan fingerprint density at radius 2 is 2.29 bits per heavy atom. The van der Waals surface area contributed by atoms with Gasteiger partial charge in [-0.15, -0.1) is 0 Å².